The molecule has 0 heterocycles. The molecule has 1 fully saturated rings. The quantitative estimate of drug-likeness (QED) is 0.692. The predicted octanol–water partition coefficient (Wildman–Crippen LogP) is 3.46. The van der Waals surface area contributed by atoms with Gasteiger partial charge in [0, 0.05) is 6.04 Å². The number of carbonyl (C=O) groups is 2. The Hall–Kier alpha value is -1.76. The van der Waals surface area contributed by atoms with Gasteiger partial charge in [0.25, 0.3) is 5.91 Å². The third-order valence-corrected chi connectivity index (χ3v) is 4.69. The van der Waals surface area contributed by atoms with Gasteiger partial charge in [-0.2, -0.15) is 0 Å². The first kappa shape index (κ1) is 19.6. The molecule has 0 bridgehead atoms. The fourth-order valence-electron chi connectivity index (χ4n) is 2.82. The van der Waals surface area contributed by atoms with Crippen LogP contribution in [0.1, 0.15) is 49.9 Å². The first-order chi connectivity index (χ1) is 12.0. The molecule has 6 nitrogen and oxygen atoms in total. The van der Waals surface area contributed by atoms with Crippen LogP contribution in [0, 0.1) is 0 Å². The number of hydrogen-bond donors (Lipinski definition) is 1. The van der Waals surface area contributed by atoms with Crippen molar-refractivity contribution in [2.45, 2.75) is 51.7 Å². The normalized spacial score (nSPS) is 15.5. The minimum Gasteiger partial charge on any atom is -0.492 e. The van der Waals surface area contributed by atoms with E-state index in [4.69, 9.17) is 14.2 Å². The molecule has 25 heavy (non-hydrogen) atoms. The van der Waals surface area contributed by atoms with Crippen LogP contribution in [-0.2, 0) is 9.53 Å². The molecule has 0 aliphatic heterocycles. The molecule has 138 valence electrons. The van der Waals surface area contributed by atoms with Crippen LogP contribution < -0.4 is 14.8 Å². The van der Waals surface area contributed by atoms with E-state index in [1.54, 1.807) is 19.1 Å². The second kappa shape index (κ2) is 9.08. The molecule has 0 saturated heterocycles. The zero-order valence-electron chi connectivity index (χ0n) is 14.8. The Bertz CT molecular complexity index is 628. The van der Waals surface area contributed by atoms with Crippen LogP contribution in [0.3, 0.4) is 0 Å². The van der Waals surface area contributed by atoms with E-state index in [0.717, 1.165) is 25.7 Å². The largest absolute Gasteiger partial charge is 0.492 e. The van der Waals surface area contributed by atoms with Crippen molar-refractivity contribution in [1.29, 1.82) is 0 Å². The van der Waals surface area contributed by atoms with Gasteiger partial charge >= 0.3 is 5.97 Å². The first-order valence-electron chi connectivity index (χ1n) is 8.48. The van der Waals surface area contributed by atoms with Crippen molar-refractivity contribution in [2.24, 2.45) is 0 Å². The van der Waals surface area contributed by atoms with E-state index in [2.05, 4.69) is 21.2 Å². The van der Waals surface area contributed by atoms with Gasteiger partial charge in [-0.15, -0.1) is 0 Å². The van der Waals surface area contributed by atoms with Crippen molar-refractivity contribution >= 4 is 27.8 Å². The molecule has 1 amide bonds. The smallest absolute Gasteiger partial charge is 0.339 e. The topological polar surface area (TPSA) is 73.9 Å². The second-order valence-corrected chi connectivity index (χ2v) is 6.81. The van der Waals surface area contributed by atoms with Crippen molar-refractivity contribution in [3.63, 3.8) is 0 Å². The Morgan fingerprint density at radius 3 is 2.60 bits per heavy atom. The Labute approximate surface area is 156 Å². The number of rotatable bonds is 7. The summed E-state index contributed by atoms with van der Waals surface area (Å²) >= 11 is 3.36. The predicted molar refractivity (Wildman–Crippen MR) is 97.1 cm³/mol. The van der Waals surface area contributed by atoms with Gasteiger partial charge in [0.1, 0.15) is 0 Å². The number of amides is 1. The zero-order valence-corrected chi connectivity index (χ0v) is 16.4. The molecule has 1 aromatic rings. The number of nitrogens with one attached hydrogen (secondary N) is 1. The van der Waals surface area contributed by atoms with Gasteiger partial charge in [-0.05, 0) is 54.8 Å². The van der Waals surface area contributed by atoms with Crippen molar-refractivity contribution in [3.05, 3.63) is 22.2 Å². The first-order valence-corrected chi connectivity index (χ1v) is 9.27. The van der Waals surface area contributed by atoms with Crippen LogP contribution in [0.5, 0.6) is 11.5 Å². The lowest BCUT2D eigenvalue weighted by molar-refractivity contribution is -0.129. The molecule has 1 N–H and O–H groups in total. The maximum Gasteiger partial charge on any atom is 0.339 e. The Kier molecular flexibility index (Phi) is 7.11. The lowest BCUT2D eigenvalue weighted by Crippen LogP contribution is -2.40. The lowest BCUT2D eigenvalue weighted by Gasteiger charge is -2.18. The molecular weight excluding hydrogens is 390 g/mol. The molecule has 1 atom stereocenters. The summed E-state index contributed by atoms with van der Waals surface area (Å²) in [6.07, 6.45) is 3.35. The molecule has 1 aromatic carbocycles. The van der Waals surface area contributed by atoms with E-state index in [-0.39, 0.29) is 17.5 Å². The van der Waals surface area contributed by atoms with E-state index in [9.17, 15) is 9.59 Å². The summed E-state index contributed by atoms with van der Waals surface area (Å²) in [6.45, 7) is 3.85. The molecular formula is C18H24BrNO5. The Morgan fingerprint density at radius 2 is 2.00 bits per heavy atom. The highest BCUT2D eigenvalue weighted by molar-refractivity contribution is 9.10. The Morgan fingerprint density at radius 1 is 1.32 bits per heavy atom. The molecule has 0 unspecified atom stereocenters. The van der Waals surface area contributed by atoms with Gasteiger partial charge in [0.05, 0.1) is 23.8 Å². The van der Waals surface area contributed by atoms with Crippen LogP contribution in [0.4, 0.5) is 0 Å². The monoisotopic (exact) mass is 413 g/mol. The van der Waals surface area contributed by atoms with E-state index < -0.39 is 12.1 Å². The second-order valence-electron chi connectivity index (χ2n) is 5.96. The van der Waals surface area contributed by atoms with Crippen molar-refractivity contribution < 1.29 is 23.8 Å². The molecule has 1 saturated carbocycles. The van der Waals surface area contributed by atoms with Crippen LogP contribution in [0.25, 0.3) is 0 Å². The minimum absolute atomic E-state index is 0.188. The summed E-state index contributed by atoms with van der Waals surface area (Å²) < 4.78 is 16.6. The molecule has 0 spiro atoms. The summed E-state index contributed by atoms with van der Waals surface area (Å²) in [5, 5.41) is 2.93. The summed E-state index contributed by atoms with van der Waals surface area (Å²) in [6, 6.07) is 3.33. The van der Waals surface area contributed by atoms with E-state index in [0.29, 0.717) is 22.6 Å². The van der Waals surface area contributed by atoms with Gasteiger partial charge in [0.2, 0.25) is 0 Å². The summed E-state index contributed by atoms with van der Waals surface area (Å²) in [5.41, 5.74) is 0.289. The number of halogens is 1. The van der Waals surface area contributed by atoms with Crippen molar-refractivity contribution in [1.82, 2.24) is 5.32 Å². The van der Waals surface area contributed by atoms with Crippen molar-refractivity contribution in [2.75, 3.05) is 13.7 Å². The highest BCUT2D eigenvalue weighted by atomic mass is 79.9. The van der Waals surface area contributed by atoms with Crippen LogP contribution >= 0.6 is 15.9 Å². The molecule has 2 rings (SSSR count). The molecule has 0 aromatic heterocycles. The summed E-state index contributed by atoms with van der Waals surface area (Å²) in [7, 11) is 1.52. The van der Waals surface area contributed by atoms with Crippen LogP contribution in [-0.4, -0.2) is 37.7 Å². The van der Waals surface area contributed by atoms with Crippen molar-refractivity contribution in [3.8, 4) is 11.5 Å². The Balaban J connectivity index is 2.05. The third-order valence-electron chi connectivity index (χ3n) is 4.10. The number of carbonyl (C=O) groups excluding carboxylic acids is 2. The molecule has 7 heteroatoms. The number of ether oxygens (including phenoxy) is 3. The zero-order chi connectivity index (χ0) is 18.4. The maximum atomic E-state index is 12.4. The number of hydrogen-bond acceptors (Lipinski definition) is 5. The van der Waals surface area contributed by atoms with Gasteiger partial charge in [-0.25, -0.2) is 4.79 Å². The van der Waals surface area contributed by atoms with E-state index in [1.165, 1.54) is 7.11 Å². The van der Waals surface area contributed by atoms with Gasteiger partial charge in [0.15, 0.2) is 17.6 Å². The fourth-order valence-corrected chi connectivity index (χ4v) is 3.42. The number of methoxy groups -OCH3 is 1. The van der Waals surface area contributed by atoms with Crippen LogP contribution in [0.15, 0.2) is 16.6 Å². The average Bonchev–Trinajstić information content (AvgIpc) is 3.07. The maximum absolute atomic E-state index is 12.4. The number of benzene rings is 1. The lowest BCUT2D eigenvalue weighted by atomic mass is 10.2. The highest BCUT2D eigenvalue weighted by Crippen LogP contribution is 2.36. The molecule has 1 aliphatic carbocycles. The van der Waals surface area contributed by atoms with Gasteiger partial charge < -0.3 is 19.5 Å². The SMILES string of the molecule is CCOc1cc(C(=O)O[C@@H](C)C(=O)NC2CCCC2)cc(Br)c1OC. The average molecular weight is 414 g/mol. The fraction of sp³-hybridized carbons (Fsp3) is 0.556. The number of esters is 1. The minimum atomic E-state index is -0.857. The summed E-state index contributed by atoms with van der Waals surface area (Å²) in [4.78, 5) is 24.5. The summed E-state index contributed by atoms with van der Waals surface area (Å²) in [5.74, 6) is 0.0936. The third kappa shape index (κ3) is 5.11. The van der Waals surface area contributed by atoms with Gasteiger partial charge in [-0.1, -0.05) is 12.8 Å². The highest BCUT2D eigenvalue weighted by Gasteiger charge is 2.24. The van der Waals surface area contributed by atoms with Gasteiger partial charge in [-0.3, -0.25) is 4.79 Å². The molecule has 0 radical (unpaired) electrons. The standard InChI is InChI=1S/C18H24BrNO5/c1-4-24-15-10-12(9-14(19)16(15)23-3)18(22)25-11(2)17(21)20-13-7-5-6-8-13/h9-11,13H,4-8H2,1-3H3,(H,20,21)/t11-/m0/s1. The van der Waals surface area contributed by atoms with Crippen LogP contribution in [0.2, 0.25) is 0 Å². The van der Waals surface area contributed by atoms with E-state index >= 15 is 0 Å². The molecule has 1 aliphatic rings. The van der Waals surface area contributed by atoms with E-state index in [1.807, 2.05) is 6.92 Å².